The number of nitrogens with one attached hydrogen (secondary N) is 1. The van der Waals surface area contributed by atoms with Gasteiger partial charge in [-0.2, -0.15) is 0 Å². The second kappa shape index (κ2) is 8.64. The van der Waals surface area contributed by atoms with E-state index in [0.29, 0.717) is 38.6 Å². The molecule has 7 rings (SSSR count). The fourth-order valence-corrected chi connectivity index (χ4v) is 5.24. The van der Waals surface area contributed by atoms with Crippen LogP contribution in [0.1, 0.15) is 37.4 Å². The number of imidazole rings is 1. The molecule has 0 amide bonds. The average molecular weight is 482 g/mol. The van der Waals surface area contributed by atoms with Gasteiger partial charge in [0.15, 0.2) is 5.52 Å². The van der Waals surface area contributed by atoms with Crippen LogP contribution in [0, 0.1) is 12.3 Å². The Balaban J connectivity index is 1.16. The van der Waals surface area contributed by atoms with Crippen LogP contribution in [-0.2, 0) is 20.0 Å². The molecule has 0 radical (unpaired) electrons. The fourth-order valence-electron chi connectivity index (χ4n) is 4.23. The number of thioether (sulfide) groups is 1. The van der Waals surface area contributed by atoms with Crippen LogP contribution in [0.15, 0.2) is 46.8 Å². The topological polar surface area (TPSA) is 81.8 Å². The van der Waals surface area contributed by atoms with Crippen LogP contribution >= 0.6 is 11.8 Å². The molecule has 178 valence electrons. The van der Waals surface area contributed by atoms with Gasteiger partial charge in [0.05, 0.1) is 36.6 Å². The van der Waals surface area contributed by atoms with Crippen LogP contribution in [0.25, 0.3) is 11.0 Å². The van der Waals surface area contributed by atoms with E-state index in [1.54, 1.807) is 11.8 Å². The van der Waals surface area contributed by atoms with Gasteiger partial charge in [0.1, 0.15) is 12.4 Å². The van der Waals surface area contributed by atoms with Crippen LogP contribution in [0.4, 0.5) is 0 Å². The largest absolute Gasteiger partial charge is 0.492 e. The van der Waals surface area contributed by atoms with E-state index in [0.717, 1.165) is 46.0 Å². The Labute approximate surface area is 202 Å². The van der Waals surface area contributed by atoms with Crippen molar-refractivity contribution in [2.24, 2.45) is 10.5 Å². The lowest BCUT2D eigenvalue weighted by Gasteiger charge is -2.51. The lowest BCUT2D eigenvalue weighted by atomic mass is 9.89. The number of pyridine rings is 1. The summed E-state index contributed by atoms with van der Waals surface area (Å²) in [5.74, 6) is 0.684. The van der Waals surface area contributed by atoms with Gasteiger partial charge in [-0.15, -0.1) is 0 Å². The van der Waals surface area contributed by atoms with Gasteiger partial charge in [-0.3, -0.25) is 4.98 Å². The Bertz CT molecular complexity index is 1230. The predicted molar refractivity (Wildman–Crippen MR) is 128 cm³/mol. The minimum absolute atomic E-state index is 0.278. The van der Waals surface area contributed by atoms with Crippen LogP contribution in [0.5, 0.6) is 5.75 Å². The summed E-state index contributed by atoms with van der Waals surface area (Å²) < 4.78 is 25.9. The molecule has 0 spiro atoms. The van der Waals surface area contributed by atoms with Crippen molar-refractivity contribution in [3.8, 4) is 5.75 Å². The lowest BCUT2D eigenvalue weighted by molar-refractivity contribution is -0.690. The van der Waals surface area contributed by atoms with Gasteiger partial charge in [-0.1, -0.05) is 28.8 Å². The van der Waals surface area contributed by atoms with Crippen molar-refractivity contribution >= 4 is 28.5 Å². The molecule has 1 N–H and O–H groups in total. The van der Waals surface area contributed by atoms with E-state index in [1.165, 1.54) is 5.71 Å². The minimum Gasteiger partial charge on any atom is -0.492 e. The van der Waals surface area contributed by atoms with Crippen LogP contribution < -0.4 is 9.41 Å². The zero-order chi connectivity index (χ0) is 23.2. The van der Waals surface area contributed by atoms with Gasteiger partial charge in [0.2, 0.25) is 5.52 Å². The molecule has 4 aliphatic rings. The molecule has 8 nitrogen and oxygen atoms in total. The number of hydrogen-bond donors (Lipinski definition) is 1. The maximum absolute atomic E-state index is 6.26. The van der Waals surface area contributed by atoms with Crippen molar-refractivity contribution < 1.29 is 23.6 Å². The van der Waals surface area contributed by atoms with Crippen LogP contribution in [-0.4, -0.2) is 48.1 Å². The number of fused-ring (bicyclic) bond motifs is 4. The number of H-pyrrole nitrogens is 1. The normalized spacial score (nSPS) is 25.6. The Hall–Kier alpha value is -2.46. The maximum Gasteiger partial charge on any atom is 0.342 e. The number of rotatable bonds is 8. The third-order valence-corrected chi connectivity index (χ3v) is 7.61. The molecule has 1 aromatic carbocycles. The Kier molecular flexibility index (Phi) is 5.60. The first-order chi connectivity index (χ1) is 16.6. The summed E-state index contributed by atoms with van der Waals surface area (Å²) in [5, 5.41) is 5.83. The third kappa shape index (κ3) is 4.11. The third-order valence-electron chi connectivity index (χ3n) is 6.65. The van der Waals surface area contributed by atoms with E-state index in [1.807, 2.05) is 36.0 Å². The molecule has 5 heterocycles. The van der Waals surface area contributed by atoms with Crippen molar-refractivity contribution in [2.45, 2.75) is 50.0 Å². The molecular formula is C25H29N4O4S+. The first-order valence-electron chi connectivity index (χ1n) is 11.8. The van der Waals surface area contributed by atoms with E-state index in [9.17, 15) is 0 Å². The van der Waals surface area contributed by atoms with E-state index in [2.05, 4.69) is 29.0 Å². The second-order valence-corrected chi connectivity index (χ2v) is 10.3. The molecule has 1 aliphatic carbocycles. The summed E-state index contributed by atoms with van der Waals surface area (Å²) in [5.41, 5.74) is 5.16. The van der Waals surface area contributed by atoms with E-state index in [-0.39, 0.29) is 5.41 Å². The highest BCUT2D eigenvalue weighted by atomic mass is 32.2. The van der Waals surface area contributed by atoms with Gasteiger partial charge in [-0.25, -0.2) is 4.98 Å². The number of hydrogen-bond acceptors (Lipinski definition) is 7. The highest BCUT2D eigenvalue weighted by Crippen LogP contribution is 2.40. The Morgan fingerprint density at radius 2 is 1.91 bits per heavy atom. The van der Waals surface area contributed by atoms with Gasteiger partial charge in [-0.05, 0) is 49.7 Å². The number of para-hydroxylation sites is 2. The number of benzene rings is 1. The molecule has 4 fully saturated rings. The lowest BCUT2D eigenvalue weighted by Crippen LogP contribution is -2.61. The molecule has 3 aromatic rings. The summed E-state index contributed by atoms with van der Waals surface area (Å²) in [6.07, 6.45) is 4.65. The predicted octanol–water partition coefficient (Wildman–Crippen LogP) is 3.96. The molecule has 1 saturated carbocycles. The molecular weight excluding hydrogens is 452 g/mol. The van der Waals surface area contributed by atoms with Gasteiger partial charge >= 0.3 is 5.16 Å². The van der Waals surface area contributed by atoms with Crippen molar-refractivity contribution in [1.82, 2.24) is 9.97 Å². The quantitative estimate of drug-likeness (QED) is 0.388. The van der Waals surface area contributed by atoms with E-state index < -0.39 is 5.97 Å². The minimum atomic E-state index is -0.859. The van der Waals surface area contributed by atoms with Crippen molar-refractivity contribution in [1.29, 1.82) is 0 Å². The maximum atomic E-state index is 6.26. The first-order valence-corrected chi connectivity index (χ1v) is 12.8. The molecule has 0 atom stereocenters. The number of aromatic nitrogens is 3. The summed E-state index contributed by atoms with van der Waals surface area (Å²) in [6.45, 7) is 6.28. The zero-order valence-corrected chi connectivity index (χ0v) is 20.3. The van der Waals surface area contributed by atoms with Crippen molar-refractivity contribution in [2.75, 3.05) is 26.4 Å². The van der Waals surface area contributed by atoms with E-state index >= 15 is 0 Å². The summed E-state index contributed by atoms with van der Waals surface area (Å²) in [4.78, 5) is 8.15. The van der Waals surface area contributed by atoms with Gasteiger partial charge < -0.3 is 18.9 Å². The SMILES string of the molecule is CCC12OCC(COc3ccnc(CSc4[nH]c5ccccc5[n+]4N=C4CC4)c3C)(CO1)CO2. The summed E-state index contributed by atoms with van der Waals surface area (Å²) in [7, 11) is 0. The molecule has 2 aromatic heterocycles. The average Bonchev–Trinajstić information content (AvgIpc) is 3.64. The second-order valence-electron chi connectivity index (χ2n) is 9.29. The molecule has 2 bridgehead atoms. The van der Waals surface area contributed by atoms with Crippen molar-refractivity contribution in [3.63, 3.8) is 0 Å². The first kappa shape index (κ1) is 22.0. The Morgan fingerprint density at radius 3 is 2.65 bits per heavy atom. The van der Waals surface area contributed by atoms with Crippen molar-refractivity contribution in [3.05, 3.63) is 47.8 Å². The number of aromatic amines is 1. The molecule has 3 aliphatic heterocycles. The monoisotopic (exact) mass is 481 g/mol. The van der Waals surface area contributed by atoms with Crippen LogP contribution in [0.3, 0.4) is 0 Å². The highest BCUT2D eigenvalue weighted by Gasteiger charge is 2.52. The number of nitrogens with zero attached hydrogens (tertiary/aromatic N) is 3. The zero-order valence-electron chi connectivity index (χ0n) is 19.5. The summed E-state index contributed by atoms with van der Waals surface area (Å²) >= 11 is 1.70. The number of ether oxygens (including phenoxy) is 4. The molecule has 9 heteroatoms. The fraction of sp³-hybridized carbons (Fsp3) is 0.480. The van der Waals surface area contributed by atoms with E-state index in [4.69, 9.17) is 24.0 Å². The molecule has 0 unspecified atom stereocenters. The smallest absolute Gasteiger partial charge is 0.342 e. The summed E-state index contributed by atoms with van der Waals surface area (Å²) in [6, 6.07) is 10.2. The Morgan fingerprint density at radius 1 is 1.15 bits per heavy atom. The standard InChI is InChI=1S/C25H28N4O4S/c1-3-25-31-14-24(15-32-25,16-33-25)13-30-22-10-11-26-20(17(22)2)12-34-23-27-19-6-4-5-7-21(19)29(23)28-18-8-9-18/h4-7,10-11H,3,8-9,12-16H2,1-2H3/p+1. The molecule has 3 saturated heterocycles. The van der Waals surface area contributed by atoms with Crippen LogP contribution in [0.2, 0.25) is 0 Å². The van der Waals surface area contributed by atoms with Gasteiger partial charge in [0, 0.05) is 23.9 Å². The highest BCUT2D eigenvalue weighted by molar-refractivity contribution is 7.98. The van der Waals surface area contributed by atoms with Gasteiger partial charge in [0.25, 0.3) is 5.97 Å². The molecule has 34 heavy (non-hydrogen) atoms.